The van der Waals surface area contributed by atoms with E-state index in [-0.39, 0.29) is 39.1 Å². The Morgan fingerprint density at radius 2 is 0.786 bits per heavy atom. The quantitative estimate of drug-likeness (QED) is 0.0479. The van der Waals surface area contributed by atoms with Gasteiger partial charge in [0.15, 0.2) is 12.6 Å². The molecule has 22 N–H and O–H groups in total. The van der Waals surface area contributed by atoms with Crippen LogP contribution >= 0.6 is 0 Å². The molecule has 0 bridgehead atoms. The normalized spacial score (nSPS) is 44.9. The molecule has 2 aliphatic heterocycles. The number of nitrogens with two attached hydrogens (primary N) is 8. The molecule has 22 nitrogen and oxygen atoms in total. The van der Waals surface area contributed by atoms with E-state index in [9.17, 15) is 30.6 Å². The molecule has 330 valence electrons. The molecule has 0 amide bonds. The minimum Gasteiger partial charge on any atom is -0.389 e. The van der Waals surface area contributed by atoms with Crippen LogP contribution in [0.15, 0.2) is 0 Å². The molecule has 4 aliphatic rings. The average molecular weight is 815 g/mol. The zero-order valence-electron chi connectivity index (χ0n) is 32.0. The molecule has 56 heavy (non-hydrogen) atoms. The van der Waals surface area contributed by atoms with Crippen LogP contribution in [-0.4, -0.2) is 205 Å². The molecule has 20 atom stereocenters. The highest BCUT2D eigenvalue weighted by Gasteiger charge is 2.50. The van der Waals surface area contributed by atoms with Gasteiger partial charge in [0.2, 0.25) is 0 Å². The Morgan fingerprint density at radius 1 is 0.429 bits per heavy atom. The summed E-state index contributed by atoms with van der Waals surface area (Å²) < 4.78 is 46.9. The molecule has 2 saturated carbocycles. The lowest BCUT2D eigenvalue weighted by Gasteiger charge is -2.46. The summed E-state index contributed by atoms with van der Waals surface area (Å²) >= 11 is 0. The van der Waals surface area contributed by atoms with Crippen LogP contribution in [0.3, 0.4) is 0 Å². The summed E-state index contributed by atoms with van der Waals surface area (Å²) in [5.74, 6) is 0. The maximum atomic E-state index is 10.8. The number of aliphatic hydroxyl groups is 6. The van der Waals surface area contributed by atoms with Gasteiger partial charge >= 0.3 is 0 Å². The van der Waals surface area contributed by atoms with Gasteiger partial charge in [-0.05, 0) is 38.5 Å². The summed E-state index contributed by atoms with van der Waals surface area (Å²) in [7, 11) is 0. The molecule has 2 heterocycles. The molecule has 0 aromatic rings. The number of unbranched alkanes of at least 4 members (excludes halogenated alkanes) is 1. The van der Waals surface area contributed by atoms with Crippen molar-refractivity contribution in [2.45, 2.75) is 161 Å². The van der Waals surface area contributed by atoms with E-state index in [4.69, 9.17) is 83.8 Å². The zero-order valence-corrected chi connectivity index (χ0v) is 32.0. The lowest BCUT2D eigenvalue weighted by Crippen LogP contribution is -2.67. The zero-order chi connectivity index (χ0) is 41.1. The van der Waals surface area contributed by atoms with Crippen molar-refractivity contribution in [2.75, 3.05) is 52.7 Å². The van der Waals surface area contributed by atoms with E-state index in [1.54, 1.807) is 0 Å². The first kappa shape index (κ1) is 47.8. The molecule has 0 aromatic carbocycles. The minimum absolute atomic E-state index is 0.0673. The summed E-state index contributed by atoms with van der Waals surface area (Å²) in [5.41, 5.74) is 48.4. The van der Waals surface area contributed by atoms with Crippen molar-refractivity contribution in [3.05, 3.63) is 0 Å². The summed E-state index contributed by atoms with van der Waals surface area (Å²) in [4.78, 5) is 0. The second-order valence-electron chi connectivity index (χ2n) is 15.3. The molecule has 0 radical (unpaired) electrons. The smallest absolute Gasteiger partial charge is 0.176 e. The highest BCUT2D eigenvalue weighted by atomic mass is 16.7. The van der Waals surface area contributed by atoms with E-state index in [2.05, 4.69) is 0 Å². The molecular formula is C34H70N8O14. The van der Waals surface area contributed by atoms with Crippen LogP contribution in [0.4, 0.5) is 0 Å². The van der Waals surface area contributed by atoms with Gasteiger partial charge in [-0.15, -0.1) is 0 Å². The fraction of sp³-hybridized carbons (Fsp3) is 1.00. The van der Waals surface area contributed by atoms with E-state index in [0.717, 1.165) is 12.8 Å². The van der Waals surface area contributed by atoms with Crippen molar-refractivity contribution in [3.63, 3.8) is 0 Å². The number of hydrogen-bond acceptors (Lipinski definition) is 22. The Kier molecular flexibility index (Phi) is 19.8. The van der Waals surface area contributed by atoms with E-state index >= 15 is 0 Å². The second-order valence-corrected chi connectivity index (χ2v) is 15.3. The van der Waals surface area contributed by atoms with Crippen molar-refractivity contribution in [1.82, 2.24) is 0 Å². The highest BCUT2D eigenvalue weighted by molar-refractivity contribution is 5.02. The first-order chi connectivity index (χ1) is 26.7. The van der Waals surface area contributed by atoms with Gasteiger partial charge in [0.05, 0.1) is 24.3 Å². The van der Waals surface area contributed by atoms with Gasteiger partial charge in [0, 0.05) is 76.9 Å². The Morgan fingerprint density at radius 3 is 1.14 bits per heavy atom. The predicted molar refractivity (Wildman–Crippen MR) is 198 cm³/mol. The van der Waals surface area contributed by atoms with Crippen molar-refractivity contribution in [1.29, 1.82) is 0 Å². The van der Waals surface area contributed by atoms with Crippen molar-refractivity contribution < 1.29 is 68.5 Å². The molecular weight excluding hydrogens is 744 g/mol. The predicted octanol–water partition coefficient (Wildman–Crippen LogP) is -7.58. The third-order valence-corrected chi connectivity index (χ3v) is 11.0. The van der Waals surface area contributed by atoms with Gasteiger partial charge in [-0.1, -0.05) is 0 Å². The summed E-state index contributed by atoms with van der Waals surface area (Å²) in [5, 5.41) is 62.7. The Bertz CT molecular complexity index is 1030. The molecule has 0 spiro atoms. The number of hydrogen-bond donors (Lipinski definition) is 14. The Hall–Kier alpha value is -0.880. The Labute approximate surface area is 327 Å². The van der Waals surface area contributed by atoms with Crippen LogP contribution in [0, 0.1) is 0 Å². The molecule has 0 unspecified atom stereocenters. The topological polar surface area (TPSA) is 403 Å². The van der Waals surface area contributed by atoms with Gasteiger partial charge in [0.1, 0.15) is 61.0 Å². The SMILES string of the molecule is NC[C@H]1O[C@H](O[C@H]2[C@H](OCCCOCCCCOCCCO[C@@H]3[C@@H](O)[C@H](N)C[C@H](N)[C@H]3O[C@H]3O[C@H](CN)[C@@H](O)[C@H](O)[C@H]3N)[C@@H](O)[C@H](N)C[C@@H]2N)[C@H](N)[C@@H](O)[C@@H]1O. The maximum absolute atomic E-state index is 10.8. The van der Waals surface area contributed by atoms with Gasteiger partial charge in [-0.2, -0.15) is 0 Å². The van der Waals surface area contributed by atoms with Crippen LogP contribution in [-0.2, 0) is 37.9 Å². The molecule has 4 rings (SSSR count). The maximum Gasteiger partial charge on any atom is 0.176 e. The molecule has 22 heteroatoms. The standard InChI is InChI=1S/C34H70N8O14/c35-13-19-25(45)27(47)21(41)33(53-19)55-29-17(39)11-15(37)23(43)31(29)51-9-3-7-49-5-1-2-6-50-8-4-10-52-32-24(44)16(38)12-18(40)30(32)56-34-22(42)28(48)26(46)20(14-36)54-34/h15-34,43-48H,1-14,35-42H2/t15-,16-,17+,18+,19-,20-,21-,22-,23+,24+,25-,26-,27-,28-,29-,30-,31-,32-,33-,34-/m1/s1. The molecule has 2 saturated heterocycles. The van der Waals surface area contributed by atoms with Crippen LogP contribution in [0.1, 0.15) is 38.5 Å². The average Bonchev–Trinajstić information content (AvgIpc) is 3.17. The highest BCUT2D eigenvalue weighted by Crippen LogP contribution is 2.30. The third-order valence-electron chi connectivity index (χ3n) is 11.0. The minimum atomic E-state index is -1.33. The van der Waals surface area contributed by atoms with Crippen LogP contribution in [0.2, 0.25) is 0 Å². The lowest BCUT2D eigenvalue weighted by atomic mass is 9.84. The first-order valence-corrected chi connectivity index (χ1v) is 19.7. The lowest BCUT2D eigenvalue weighted by molar-refractivity contribution is -0.291. The van der Waals surface area contributed by atoms with Crippen molar-refractivity contribution in [3.8, 4) is 0 Å². The second kappa shape index (κ2) is 23.2. The van der Waals surface area contributed by atoms with Crippen molar-refractivity contribution >= 4 is 0 Å². The van der Waals surface area contributed by atoms with Gasteiger partial charge in [0.25, 0.3) is 0 Å². The molecule has 0 aromatic heterocycles. The van der Waals surface area contributed by atoms with Crippen LogP contribution in [0.25, 0.3) is 0 Å². The fourth-order valence-corrected chi connectivity index (χ4v) is 7.51. The number of aliphatic hydroxyl groups excluding tert-OH is 6. The monoisotopic (exact) mass is 815 g/mol. The molecule has 4 fully saturated rings. The van der Waals surface area contributed by atoms with Gasteiger partial charge in [-0.3, -0.25) is 0 Å². The number of rotatable bonds is 21. The van der Waals surface area contributed by atoms with Crippen LogP contribution < -0.4 is 45.9 Å². The van der Waals surface area contributed by atoms with Crippen LogP contribution in [0.5, 0.6) is 0 Å². The fourth-order valence-electron chi connectivity index (χ4n) is 7.51. The summed E-state index contributed by atoms with van der Waals surface area (Å²) in [6, 6.07) is -4.67. The van der Waals surface area contributed by atoms with E-state index in [0.29, 0.717) is 39.3 Å². The summed E-state index contributed by atoms with van der Waals surface area (Å²) in [6.45, 7) is 2.14. The van der Waals surface area contributed by atoms with E-state index < -0.39 is 122 Å². The van der Waals surface area contributed by atoms with Gasteiger partial charge in [-0.25, -0.2) is 0 Å². The first-order valence-electron chi connectivity index (χ1n) is 19.7. The number of ether oxygens (including phenoxy) is 8. The molecule has 2 aliphatic carbocycles. The Balaban J connectivity index is 1.08. The van der Waals surface area contributed by atoms with E-state index in [1.807, 2.05) is 0 Å². The largest absolute Gasteiger partial charge is 0.389 e. The van der Waals surface area contributed by atoms with Gasteiger partial charge < -0.3 is 114 Å². The van der Waals surface area contributed by atoms with E-state index in [1.165, 1.54) is 0 Å². The van der Waals surface area contributed by atoms with Crippen molar-refractivity contribution in [2.24, 2.45) is 45.9 Å². The summed E-state index contributed by atoms with van der Waals surface area (Å²) in [6.07, 6.45) is -11.9. The third kappa shape index (κ3) is 12.3.